The fourth-order valence-corrected chi connectivity index (χ4v) is 3.58. The number of rotatable bonds is 1. The van der Waals surface area contributed by atoms with Crippen molar-refractivity contribution in [2.75, 3.05) is 0 Å². The van der Waals surface area contributed by atoms with E-state index in [4.69, 9.17) is 4.42 Å². The van der Waals surface area contributed by atoms with Crippen LogP contribution in [0.15, 0.2) is 40.8 Å². The van der Waals surface area contributed by atoms with Crippen molar-refractivity contribution >= 4 is 11.0 Å². The summed E-state index contributed by atoms with van der Waals surface area (Å²) in [7, 11) is 0. The number of furan rings is 1. The zero-order valence-corrected chi connectivity index (χ0v) is 13.6. The monoisotopic (exact) mass is 290 g/mol. The first-order valence-electron chi connectivity index (χ1n) is 8.28. The fourth-order valence-electron chi connectivity index (χ4n) is 3.58. The average molecular weight is 290 g/mol. The molecule has 1 aliphatic carbocycles. The van der Waals surface area contributed by atoms with Gasteiger partial charge in [0.1, 0.15) is 11.3 Å². The summed E-state index contributed by atoms with van der Waals surface area (Å²) in [5, 5.41) is 1.30. The van der Waals surface area contributed by atoms with Gasteiger partial charge < -0.3 is 4.42 Å². The molecule has 0 spiro atoms. The Bertz CT molecular complexity index is 852. The van der Waals surface area contributed by atoms with Gasteiger partial charge in [0.05, 0.1) is 0 Å². The second-order valence-corrected chi connectivity index (χ2v) is 6.83. The minimum absolute atomic E-state index is 0.575. The molecule has 0 aliphatic heterocycles. The molecule has 1 nitrogen and oxygen atoms in total. The van der Waals surface area contributed by atoms with Crippen LogP contribution in [0.1, 0.15) is 48.4 Å². The lowest BCUT2D eigenvalue weighted by atomic mass is 9.95. The quantitative estimate of drug-likeness (QED) is 0.534. The molecule has 0 saturated carbocycles. The van der Waals surface area contributed by atoms with Gasteiger partial charge in [0.25, 0.3) is 0 Å². The summed E-state index contributed by atoms with van der Waals surface area (Å²) in [5.74, 6) is 1.68. The summed E-state index contributed by atoms with van der Waals surface area (Å²) < 4.78 is 6.25. The van der Waals surface area contributed by atoms with Crippen LogP contribution in [-0.2, 0) is 12.8 Å². The lowest BCUT2D eigenvalue weighted by Crippen LogP contribution is -1.93. The van der Waals surface area contributed by atoms with E-state index in [1.165, 1.54) is 39.6 Å². The Morgan fingerprint density at radius 2 is 1.86 bits per heavy atom. The maximum atomic E-state index is 6.25. The highest BCUT2D eigenvalue weighted by Gasteiger charge is 2.21. The summed E-state index contributed by atoms with van der Waals surface area (Å²) in [6, 6.07) is 13.4. The summed E-state index contributed by atoms with van der Waals surface area (Å²) in [5.41, 5.74) is 7.89. The number of hydrogen-bond donors (Lipinski definition) is 0. The van der Waals surface area contributed by atoms with E-state index in [9.17, 15) is 0 Å². The third-order valence-corrected chi connectivity index (χ3v) is 4.86. The SMILES string of the molecule is Cc1ccc2oc3c(c2c1)CCCc1cc(C(C)C)ccc1-3. The van der Waals surface area contributed by atoms with E-state index in [1.807, 2.05) is 0 Å². The summed E-state index contributed by atoms with van der Waals surface area (Å²) in [6.07, 6.45) is 3.45. The van der Waals surface area contributed by atoms with Gasteiger partial charge in [0, 0.05) is 16.5 Å². The highest BCUT2D eigenvalue weighted by molar-refractivity contribution is 5.89. The van der Waals surface area contributed by atoms with Crippen molar-refractivity contribution in [1.29, 1.82) is 0 Å². The summed E-state index contributed by atoms with van der Waals surface area (Å²) in [6.45, 7) is 6.67. The Hall–Kier alpha value is -2.02. The first-order chi connectivity index (χ1) is 10.6. The molecule has 0 bridgehead atoms. The highest BCUT2D eigenvalue weighted by Crippen LogP contribution is 2.40. The molecule has 1 aromatic heterocycles. The number of hydrogen-bond acceptors (Lipinski definition) is 1. The van der Waals surface area contributed by atoms with Crippen LogP contribution in [-0.4, -0.2) is 0 Å². The second kappa shape index (κ2) is 5.01. The predicted octanol–water partition coefficient (Wildman–Crippen LogP) is 6.02. The van der Waals surface area contributed by atoms with Gasteiger partial charge >= 0.3 is 0 Å². The van der Waals surface area contributed by atoms with Gasteiger partial charge in [0.2, 0.25) is 0 Å². The predicted molar refractivity (Wildman–Crippen MR) is 92.5 cm³/mol. The van der Waals surface area contributed by atoms with Crippen LogP contribution in [0.4, 0.5) is 0 Å². The number of fused-ring (bicyclic) bond motifs is 5. The summed E-state index contributed by atoms with van der Waals surface area (Å²) in [4.78, 5) is 0. The number of benzene rings is 2. The van der Waals surface area contributed by atoms with Crippen molar-refractivity contribution in [3.8, 4) is 11.3 Å². The van der Waals surface area contributed by atoms with Crippen molar-refractivity contribution < 1.29 is 4.42 Å². The van der Waals surface area contributed by atoms with Gasteiger partial charge in [-0.1, -0.05) is 43.7 Å². The fraction of sp³-hybridized carbons (Fsp3) is 0.333. The lowest BCUT2D eigenvalue weighted by molar-refractivity contribution is 0.627. The molecule has 0 amide bonds. The van der Waals surface area contributed by atoms with Crippen LogP contribution in [0.5, 0.6) is 0 Å². The van der Waals surface area contributed by atoms with Crippen LogP contribution in [0.25, 0.3) is 22.3 Å². The summed E-state index contributed by atoms with van der Waals surface area (Å²) >= 11 is 0. The topological polar surface area (TPSA) is 13.1 Å². The van der Waals surface area contributed by atoms with Gasteiger partial charge in [-0.15, -0.1) is 0 Å². The Balaban J connectivity index is 1.96. The smallest absolute Gasteiger partial charge is 0.138 e. The number of aryl methyl sites for hydroxylation is 3. The maximum Gasteiger partial charge on any atom is 0.138 e. The Morgan fingerprint density at radius 3 is 2.68 bits per heavy atom. The molecule has 1 heterocycles. The van der Waals surface area contributed by atoms with E-state index in [0.717, 1.165) is 24.2 Å². The van der Waals surface area contributed by atoms with Crippen LogP contribution in [0.3, 0.4) is 0 Å². The van der Waals surface area contributed by atoms with Gasteiger partial charge in [-0.25, -0.2) is 0 Å². The minimum atomic E-state index is 0.575. The molecule has 112 valence electrons. The van der Waals surface area contributed by atoms with Crippen LogP contribution in [0, 0.1) is 6.92 Å². The molecule has 1 heteroatoms. The van der Waals surface area contributed by atoms with E-state index < -0.39 is 0 Å². The Kier molecular flexibility index (Phi) is 3.11. The largest absolute Gasteiger partial charge is 0.456 e. The highest BCUT2D eigenvalue weighted by atomic mass is 16.3. The molecule has 4 rings (SSSR count). The normalized spacial score (nSPS) is 14.0. The molecule has 0 radical (unpaired) electrons. The van der Waals surface area contributed by atoms with Crippen molar-refractivity contribution in [1.82, 2.24) is 0 Å². The standard InChI is InChI=1S/C21H22O/c1-13(2)15-8-9-17-16(12-15)5-4-6-18-19-11-14(3)7-10-20(19)22-21(17)18/h7-13H,4-6H2,1-3H3. The molecule has 22 heavy (non-hydrogen) atoms. The van der Waals surface area contributed by atoms with Gasteiger partial charge in [-0.3, -0.25) is 0 Å². The minimum Gasteiger partial charge on any atom is -0.456 e. The molecule has 1 aliphatic rings. The molecule has 0 N–H and O–H groups in total. The van der Waals surface area contributed by atoms with Crippen LogP contribution >= 0.6 is 0 Å². The molecule has 0 unspecified atom stereocenters. The van der Waals surface area contributed by atoms with Crippen LogP contribution < -0.4 is 0 Å². The first kappa shape index (κ1) is 13.6. The molecule has 2 aromatic carbocycles. The Labute approximate surface area is 132 Å². The van der Waals surface area contributed by atoms with E-state index in [1.54, 1.807) is 0 Å². The molecule has 3 aromatic rings. The van der Waals surface area contributed by atoms with E-state index in [2.05, 4.69) is 57.2 Å². The molecule has 0 fully saturated rings. The van der Waals surface area contributed by atoms with E-state index in [-0.39, 0.29) is 0 Å². The molecular weight excluding hydrogens is 268 g/mol. The van der Waals surface area contributed by atoms with E-state index in [0.29, 0.717) is 5.92 Å². The zero-order chi connectivity index (χ0) is 15.3. The second-order valence-electron chi connectivity index (χ2n) is 6.83. The van der Waals surface area contributed by atoms with Crippen molar-refractivity contribution in [2.24, 2.45) is 0 Å². The molecule has 0 saturated heterocycles. The Morgan fingerprint density at radius 1 is 1.00 bits per heavy atom. The van der Waals surface area contributed by atoms with Crippen molar-refractivity contribution in [3.05, 3.63) is 58.7 Å². The average Bonchev–Trinajstić information content (AvgIpc) is 2.75. The van der Waals surface area contributed by atoms with Gasteiger partial charge in [-0.05, 0) is 55.4 Å². The van der Waals surface area contributed by atoms with Gasteiger partial charge in [0.15, 0.2) is 0 Å². The third-order valence-electron chi connectivity index (χ3n) is 4.86. The first-order valence-corrected chi connectivity index (χ1v) is 8.28. The molecule has 0 atom stereocenters. The zero-order valence-electron chi connectivity index (χ0n) is 13.6. The van der Waals surface area contributed by atoms with Crippen molar-refractivity contribution in [2.45, 2.75) is 46.0 Å². The van der Waals surface area contributed by atoms with Crippen LogP contribution in [0.2, 0.25) is 0 Å². The van der Waals surface area contributed by atoms with Gasteiger partial charge in [-0.2, -0.15) is 0 Å². The third kappa shape index (κ3) is 2.08. The van der Waals surface area contributed by atoms with E-state index >= 15 is 0 Å². The lowest BCUT2D eigenvalue weighted by Gasteiger charge is -2.11. The van der Waals surface area contributed by atoms with Crippen molar-refractivity contribution in [3.63, 3.8) is 0 Å². The maximum absolute atomic E-state index is 6.25. The molecular formula is C21H22O.